The maximum atomic E-state index is 9.98. The van der Waals surface area contributed by atoms with Gasteiger partial charge >= 0.3 is 26.2 Å². The van der Waals surface area contributed by atoms with Crippen molar-refractivity contribution in [1.29, 1.82) is 0 Å². The van der Waals surface area contributed by atoms with Crippen LogP contribution in [0, 0.1) is 6.92 Å². The molecule has 0 unspecified atom stereocenters. The Bertz CT molecular complexity index is 759. The van der Waals surface area contributed by atoms with Crippen molar-refractivity contribution in [3.8, 4) is 5.75 Å². The number of hydrogen-bond donors (Lipinski definition) is 1. The van der Waals surface area contributed by atoms with Gasteiger partial charge in [-0.3, -0.25) is 0 Å². The summed E-state index contributed by atoms with van der Waals surface area (Å²) in [7, 11) is 0. The first-order chi connectivity index (χ1) is 9.08. The Balaban J connectivity index is 0.00000147. The Kier molecular flexibility index (Phi) is 8.69. The number of phenols is 1. The molecule has 0 bridgehead atoms. The van der Waals surface area contributed by atoms with Crippen LogP contribution in [0.4, 0.5) is 0 Å². The van der Waals surface area contributed by atoms with Gasteiger partial charge in [0.25, 0.3) is 0 Å². The van der Waals surface area contributed by atoms with Gasteiger partial charge in [0.15, 0.2) is 5.75 Å². The van der Waals surface area contributed by atoms with E-state index in [2.05, 4.69) is 17.1 Å². The van der Waals surface area contributed by atoms with Gasteiger partial charge in [0.1, 0.15) is 5.52 Å². The molecule has 1 aliphatic carbocycles. The van der Waals surface area contributed by atoms with E-state index in [1.54, 1.807) is 6.07 Å². The summed E-state index contributed by atoms with van der Waals surface area (Å²) in [5, 5.41) is 11.4. The van der Waals surface area contributed by atoms with Crippen LogP contribution in [-0.2, 0) is 26.2 Å². The number of phenolic OH excluding ortho intramolecular Hbond substituents is 1. The normalized spacial score (nSPS) is 12.2. The zero-order chi connectivity index (χ0) is 13.6. The van der Waals surface area contributed by atoms with E-state index in [1.807, 2.05) is 19.1 Å². The standard InChI is InChI=1S/C15H11Cl2NO.2ClH.Zr/c1-8-10(9-4-2-3-5-9)6-11-12(16)7-13(17)15(19)14(11)18-8;;;/h2-4,6-7,19H,5H2,1H3;2*1H;/q;;;+2/p-2. The Morgan fingerprint density at radius 3 is 2.41 bits per heavy atom. The number of hydrogen-bond acceptors (Lipinski definition) is 2. The van der Waals surface area contributed by atoms with Gasteiger partial charge in [-0.05, 0) is 36.6 Å². The van der Waals surface area contributed by atoms with Crippen molar-refractivity contribution >= 4 is 39.7 Å². The maximum Gasteiger partial charge on any atom is 2.00 e. The molecule has 0 fully saturated rings. The quantitative estimate of drug-likeness (QED) is 0.594. The second-order valence-corrected chi connectivity index (χ2v) is 5.34. The van der Waals surface area contributed by atoms with E-state index in [0.29, 0.717) is 10.5 Å². The molecule has 22 heavy (non-hydrogen) atoms. The van der Waals surface area contributed by atoms with Crippen molar-refractivity contribution in [3.05, 3.63) is 51.7 Å². The third-order valence-electron chi connectivity index (χ3n) is 3.29. The fourth-order valence-electron chi connectivity index (χ4n) is 2.31. The minimum Gasteiger partial charge on any atom is -1.00 e. The summed E-state index contributed by atoms with van der Waals surface area (Å²) in [4.78, 5) is 4.45. The average Bonchev–Trinajstić information content (AvgIpc) is 2.89. The number of aromatic nitrogens is 1. The second-order valence-electron chi connectivity index (χ2n) is 4.53. The van der Waals surface area contributed by atoms with Gasteiger partial charge in [-0.1, -0.05) is 41.4 Å². The maximum absolute atomic E-state index is 9.98. The predicted molar refractivity (Wildman–Crippen MR) is 79.9 cm³/mol. The van der Waals surface area contributed by atoms with Crippen molar-refractivity contribution in [2.24, 2.45) is 0 Å². The number of pyridine rings is 1. The van der Waals surface area contributed by atoms with Crippen LogP contribution in [0.5, 0.6) is 5.75 Å². The molecule has 0 amide bonds. The number of aryl methyl sites for hydroxylation is 1. The van der Waals surface area contributed by atoms with Crippen LogP contribution in [-0.4, -0.2) is 10.1 Å². The molecule has 1 heterocycles. The van der Waals surface area contributed by atoms with Gasteiger partial charge < -0.3 is 29.9 Å². The Morgan fingerprint density at radius 1 is 1.14 bits per heavy atom. The fourth-order valence-corrected chi connectivity index (χ4v) is 2.82. The molecule has 1 aromatic heterocycles. The van der Waals surface area contributed by atoms with Gasteiger partial charge in [-0.15, -0.1) is 0 Å². The Hall–Kier alpha value is -0.0469. The summed E-state index contributed by atoms with van der Waals surface area (Å²) < 4.78 is 0. The molecular weight excluding hydrogens is 443 g/mol. The predicted octanol–water partition coefficient (Wildman–Crippen LogP) is -1.10. The number of allylic oxidation sites excluding steroid dienone is 4. The molecule has 114 valence electrons. The number of fused-ring (bicyclic) bond motifs is 1. The summed E-state index contributed by atoms with van der Waals surface area (Å²) in [6.45, 7) is 1.92. The van der Waals surface area contributed by atoms with Crippen molar-refractivity contribution < 1.29 is 56.1 Å². The van der Waals surface area contributed by atoms with E-state index in [1.165, 1.54) is 5.57 Å². The van der Waals surface area contributed by atoms with Gasteiger partial charge in [0, 0.05) is 11.1 Å². The van der Waals surface area contributed by atoms with E-state index in [4.69, 9.17) is 23.2 Å². The molecule has 1 aromatic carbocycles. The Labute approximate surface area is 170 Å². The van der Waals surface area contributed by atoms with E-state index in [0.717, 1.165) is 23.1 Å². The molecule has 2 nitrogen and oxygen atoms in total. The van der Waals surface area contributed by atoms with Crippen LogP contribution in [0.2, 0.25) is 10.0 Å². The molecule has 3 rings (SSSR count). The summed E-state index contributed by atoms with van der Waals surface area (Å²) >= 11 is 12.1. The smallest absolute Gasteiger partial charge is 1.00 e. The zero-order valence-corrected chi connectivity index (χ0v) is 17.0. The molecule has 0 atom stereocenters. The van der Waals surface area contributed by atoms with Gasteiger partial charge in [0.2, 0.25) is 0 Å². The first kappa shape index (κ1) is 22.0. The molecule has 1 N–H and O–H groups in total. The number of halogens is 4. The molecule has 0 aliphatic heterocycles. The van der Waals surface area contributed by atoms with Gasteiger partial charge in [0.05, 0.1) is 10.0 Å². The van der Waals surface area contributed by atoms with E-state index in [-0.39, 0.29) is 61.8 Å². The number of rotatable bonds is 1. The molecule has 0 saturated heterocycles. The van der Waals surface area contributed by atoms with Gasteiger partial charge in [-0.2, -0.15) is 0 Å². The molecular formula is C15H11Cl4NOZr. The van der Waals surface area contributed by atoms with Crippen LogP contribution >= 0.6 is 23.2 Å². The topological polar surface area (TPSA) is 33.1 Å². The summed E-state index contributed by atoms with van der Waals surface area (Å²) in [5.74, 6) is -0.0192. The zero-order valence-electron chi connectivity index (χ0n) is 11.5. The minimum atomic E-state index is -0.0192. The average molecular weight is 454 g/mol. The molecule has 0 radical (unpaired) electrons. The minimum absolute atomic E-state index is 0. The summed E-state index contributed by atoms with van der Waals surface area (Å²) in [6.07, 6.45) is 7.09. The second kappa shape index (κ2) is 8.71. The van der Waals surface area contributed by atoms with Crippen LogP contribution < -0.4 is 24.8 Å². The molecule has 2 aromatic rings. The van der Waals surface area contributed by atoms with Crippen LogP contribution in [0.15, 0.2) is 30.4 Å². The van der Waals surface area contributed by atoms with Crippen molar-refractivity contribution in [2.45, 2.75) is 13.3 Å². The fraction of sp³-hybridized carbons (Fsp3) is 0.133. The van der Waals surface area contributed by atoms with Crippen molar-refractivity contribution in [1.82, 2.24) is 4.98 Å². The number of nitrogens with zero attached hydrogens (tertiary/aromatic N) is 1. The van der Waals surface area contributed by atoms with E-state index < -0.39 is 0 Å². The first-order valence-electron chi connectivity index (χ1n) is 5.92. The van der Waals surface area contributed by atoms with Crippen LogP contribution in [0.1, 0.15) is 17.7 Å². The third-order valence-corrected chi connectivity index (χ3v) is 3.89. The third kappa shape index (κ3) is 3.88. The Morgan fingerprint density at radius 2 is 1.82 bits per heavy atom. The van der Waals surface area contributed by atoms with Crippen LogP contribution in [0.3, 0.4) is 0 Å². The van der Waals surface area contributed by atoms with Crippen molar-refractivity contribution in [2.75, 3.05) is 0 Å². The first-order valence-corrected chi connectivity index (χ1v) is 6.68. The number of benzene rings is 1. The van der Waals surface area contributed by atoms with Gasteiger partial charge in [-0.25, -0.2) is 4.98 Å². The monoisotopic (exact) mass is 451 g/mol. The molecule has 0 saturated carbocycles. The largest absolute Gasteiger partial charge is 2.00 e. The molecule has 7 heteroatoms. The van der Waals surface area contributed by atoms with E-state index in [9.17, 15) is 5.11 Å². The van der Waals surface area contributed by atoms with E-state index >= 15 is 0 Å². The SMILES string of the molecule is Cc1nc2c(O)c(Cl)cc(Cl)c2cc1C1=CC=CC1.[Cl-].[Cl-].[Zr+2]. The number of aromatic hydroxyl groups is 1. The van der Waals surface area contributed by atoms with Crippen molar-refractivity contribution in [3.63, 3.8) is 0 Å². The van der Waals surface area contributed by atoms with Crippen LogP contribution in [0.25, 0.3) is 16.5 Å². The molecule has 1 aliphatic rings. The molecule has 0 spiro atoms. The summed E-state index contributed by atoms with van der Waals surface area (Å²) in [6, 6.07) is 3.51. The summed E-state index contributed by atoms with van der Waals surface area (Å²) in [5.41, 5.74) is 3.57.